The summed E-state index contributed by atoms with van der Waals surface area (Å²) in [6, 6.07) is 27.6. The van der Waals surface area contributed by atoms with Crippen LogP contribution in [0.4, 0.5) is 5.69 Å². The minimum Gasteiger partial charge on any atom is -1.00 e. The molecule has 0 amide bonds. The van der Waals surface area contributed by atoms with Crippen LogP contribution < -0.4 is 21.4 Å². The van der Waals surface area contributed by atoms with Gasteiger partial charge >= 0.3 is 0 Å². The van der Waals surface area contributed by atoms with E-state index >= 15 is 0 Å². The molecular formula is C24H18BrN3O2. The summed E-state index contributed by atoms with van der Waals surface area (Å²) in [4.78, 5) is 10.7. The number of fused-ring (bicyclic) bond motifs is 3. The molecule has 0 aliphatic carbocycles. The minimum atomic E-state index is -0.373. The first kappa shape index (κ1) is 19.8. The summed E-state index contributed by atoms with van der Waals surface area (Å²) in [6.45, 7) is 2.07. The van der Waals surface area contributed by atoms with E-state index in [0.717, 1.165) is 33.5 Å². The van der Waals surface area contributed by atoms with Crippen LogP contribution in [0.15, 0.2) is 91.1 Å². The standard InChI is InChI=1S/C24H18N3O2.BrH/c1-17-6-11-20(12-7-17)26-23(19-8-13-21(14-9-19)27(28)29)16-25-22-5-3-2-4-18(22)10-15-24(25)26;/h2-16H,1H3;1H/q+1;/p-1. The SMILES string of the molecule is Cc1ccc(-n2c(-c3ccc([N+](=O)[O-])cc3)c[n+]3c4ccccc4ccc23)cc1.[Br-]. The van der Waals surface area contributed by atoms with E-state index in [1.807, 2.05) is 12.1 Å². The van der Waals surface area contributed by atoms with Crippen LogP contribution in [0.1, 0.15) is 5.56 Å². The Bertz CT molecular complexity index is 1370. The number of imidazole rings is 1. The first-order valence-electron chi connectivity index (χ1n) is 9.38. The Morgan fingerprint density at radius 1 is 0.867 bits per heavy atom. The molecule has 5 nitrogen and oxygen atoms in total. The molecule has 5 aromatic rings. The van der Waals surface area contributed by atoms with Crippen molar-refractivity contribution >= 4 is 22.2 Å². The normalized spacial score (nSPS) is 10.8. The fourth-order valence-electron chi connectivity index (χ4n) is 3.76. The van der Waals surface area contributed by atoms with Gasteiger partial charge in [-0.3, -0.25) is 10.1 Å². The van der Waals surface area contributed by atoms with Crippen molar-refractivity contribution in [2.45, 2.75) is 6.92 Å². The van der Waals surface area contributed by atoms with E-state index in [2.05, 4.69) is 70.6 Å². The summed E-state index contributed by atoms with van der Waals surface area (Å²) >= 11 is 0. The second-order valence-corrected chi connectivity index (χ2v) is 7.11. The molecule has 0 N–H and O–H groups in total. The lowest BCUT2D eigenvalue weighted by atomic mass is 10.1. The maximum Gasteiger partial charge on any atom is 0.292 e. The molecule has 2 aromatic heterocycles. The summed E-state index contributed by atoms with van der Waals surface area (Å²) in [5.41, 5.74) is 6.36. The highest BCUT2D eigenvalue weighted by Gasteiger charge is 2.23. The minimum absolute atomic E-state index is 0. The molecule has 0 aliphatic rings. The van der Waals surface area contributed by atoms with Gasteiger partial charge in [-0.1, -0.05) is 35.9 Å². The fraction of sp³-hybridized carbons (Fsp3) is 0.0417. The van der Waals surface area contributed by atoms with Gasteiger partial charge < -0.3 is 17.0 Å². The maximum atomic E-state index is 11.1. The molecule has 2 heterocycles. The first-order chi connectivity index (χ1) is 14.1. The summed E-state index contributed by atoms with van der Waals surface area (Å²) in [7, 11) is 0. The fourth-order valence-corrected chi connectivity index (χ4v) is 3.76. The monoisotopic (exact) mass is 459 g/mol. The van der Waals surface area contributed by atoms with Gasteiger partial charge in [-0.05, 0) is 43.3 Å². The molecule has 0 fully saturated rings. The number of hydrogen-bond donors (Lipinski definition) is 0. The lowest BCUT2D eigenvalue weighted by Gasteiger charge is -2.04. The topological polar surface area (TPSA) is 52.2 Å². The van der Waals surface area contributed by atoms with Crippen LogP contribution in [0.2, 0.25) is 0 Å². The molecular weight excluding hydrogens is 442 g/mol. The predicted octanol–water partition coefficient (Wildman–Crippen LogP) is 2.26. The van der Waals surface area contributed by atoms with E-state index < -0.39 is 0 Å². The van der Waals surface area contributed by atoms with Crippen molar-refractivity contribution in [3.8, 4) is 16.9 Å². The Morgan fingerprint density at radius 2 is 1.57 bits per heavy atom. The van der Waals surface area contributed by atoms with Crippen molar-refractivity contribution in [2.24, 2.45) is 0 Å². The zero-order valence-electron chi connectivity index (χ0n) is 16.2. The maximum absolute atomic E-state index is 11.1. The van der Waals surface area contributed by atoms with E-state index in [-0.39, 0.29) is 27.6 Å². The summed E-state index contributed by atoms with van der Waals surface area (Å²) in [5.74, 6) is 0. The smallest absolute Gasteiger partial charge is 0.292 e. The van der Waals surface area contributed by atoms with Crippen LogP contribution in [-0.2, 0) is 0 Å². The Hall–Kier alpha value is -3.51. The number of nitrogens with zero attached hydrogens (tertiary/aromatic N) is 3. The first-order valence-corrected chi connectivity index (χ1v) is 9.38. The van der Waals surface area contributed by atoms with Crippen molar-refractivity contribution in [2.75, 3.05) is 0 Å². The van der Waals surface area contributed by atoms with Crippen molar-refractivity contribution in [1.29, 1.82) is 0 Å². The number of hydrogen-bond acceptors (Lipinski definition) is 2. The van der Waals surface area contributed by atoms with Crippen LogP contribution >= 0.6 is 0 Å². The largest absolute Gasteiger partial charge is 1.00 e. The Kier molecular flexibility index (Phi) is 5.10. The highest BCUT2D eigenvalue weighted by molar-refractivity contribution is 5.78. The Morgan fingerprint density at radius 3 is 2.27 bits per heavy atom. The number of rotatable bonds is 3. The second-order valence-electron chi connectivity index (χ2n) is 7.11. The molecule has 5 rings (SSSR count). The average molecular weight is 460 g/mol. The van der Waals surface area contributed by atoms with Crippen LogP contribution in [0.3, 0.4) is 0 Å². The van der Waals surface area contributed by atoms with Gasteiger partial charge in [0.1, 0.15) is 17.4 Å². The molecule has 0 atom stereocenters. The quantitative estimate of drug-likeness (QED) is 0.236. The van der Waals surface area contributed by atoms with Gasteiger partial charge in [0.2, 0.25) is 0 Å². The van der Waals surface area contributed by atoms with Crippen LogP contribution in [-0.4, -0.2) is 9.49 Å². The summed E-state index contributed by atoms with van der Waals surface area (Å²) < 4.78 is 4.36. The molecule has 0 saturated heterocycles. The number of nitro benzene ring substituents is 1. The Labute approximate surface area is 183 Å². The van der Waals surface area contributed by atoms with Gasteiger partial charge in [-0.2, -0.15) is 8.97 Å². The number of benzene rings is 3. The Balaban J connectivity index is 0.00000218. The van der Waals surface area contributed by atoms with Crippen molar-refractivity contribution in [1.82, 2.24) is 4.57 Å². The lowest BCUT2D eigenvalue weighted by molar-refractivity contribution is -0.479. The van der Waals surface area contributed by atoms with E-state index in [1.165, 1.54) is 5.56 Å². The summed E-state index contributed by atoms with van der Waals surface area (Å²) in [6.07, 6.45) is 2.10. The molecule has 30 heavy (non-hydrogen) atoms. The molecule has 148 valence electrons. The van der Waals surface area contributed by atoms with Crippen molar-refractivity contribution in [3.63, 3.8) is 0 Å². The molecule has 0 spiro atoms. The number of para-hydroxylation sites is 1. The molecule has 0 bridgehead atoms. The van der Waals surface area contributed by atoms with E-state index in [9.17, 15) is 10.1 Å². The van der Waals surface area contributed by atoms with Crippen molar-refractivity contribution in [3.05, 3.63) is 107 Å². The summed E-state index contributed by atoms with van der Waals surface area (Å²) in [5, 5.41) is 12.2. The van der Waals surface area contributed by atoms with Gasteiger partial charge in [-0.15, -0.1) is 0 Å². The number of halogens is 1. The van der Waals surface area contributed by atoms with E-state index in [0.29, 0.717) is 0 Å². The molecule has 0 aliphatic heterocycles. The van der Waals surface area contributed by atoms with Gasteiger partial charge in [0.05, 0.1) is 4.92 Å². The third kappa shape index (κ3) is 3.25. The number of pyridine rings is 1. The van der Waals surface area contributed by atoms with Crippen LogP contribution in [0.5, 0.6) is 0 Å². The highest BCUT2D eigenvalue weighted by Crippen LogP contribution is 2.28. The molecule has 0 saturated carbocycles. The number of aromatic nitrogens is 2. The van der Waals surface area contributed by atoms with Crippen LogP contribution in [0.25, 0.3) is 33.5 Å². The third-order valence-corrected chi connectivity index (χ3v) is 5.24. The second kappa shape index (κ2) is 7.72. The number of non-ortho nitro benzene ring substituents is 1. The zero-order chi connectivity index (χ0) is 20.0. The molecule has 6 heteroatoms. The van der Waals surface area contributed by atoms with Gasteiger partial charge in [0.25, 0.3) is 11.3 Å². The number of nitro groups is 1. The average Bonchev–Trinajstić information content (AvgIpc) is 3.14. The van der Waals surface area contributed by atoms with E-state index in [1.54, 1.807) is 24.3 Å². The van der Waals surface area contributed by atoms with Gasteiger partial charge in [0.15, 0.2) is 5.69 Å². The third-order valence-electron chi connectivity index (χ3n) is 5.24. The highest BCUT2D eigenvalue weighted by atomic mass is 79.9. The van der Waals surface area contributed by atoms with Gasteiger partial charge in [-0.25, -0.2) is 0 Å². The molecule has 0 radical (unpaired) electrons. The van der Waals surface area contributed by atoms with Crippen molar-refractivity contribution < 1.29 is 26.3 Å². The predicted molar refractivity (Wildman–Crippen MR) is 113 cm³/mol. The zero-order valence-corrected chi connectivity index (χ0v) is 17.8. The molecule has 0 unspecified atom stereocenters. The molecule has 3 aromatic carbocycles. The number of aryl methyl sites for hydroxylation is 1. The van der Waals surface area contributed by atoms with Gasteiger partial charge in [0, 0.05) is 29.1 Å². The van der Waals surface area contributed by atoms with E-state index in [4.69, 9.17) is 0 Å². The lowest BCUT2D eigenvalue weighted by Crippen LogP contribution is -3.00. The van der Waals surface area contributed by atoms with Crippen LogP contribution in [0, 0.1) is 17.0 Å².